The standard InChI is InChI=1S/C10H15N3O3/c1-4-5(2)9(15)12-10-7(8(11)14)6(3)13-16-10/h5H,4H2,1-3H3,(H2,11,14)(H,12,15). The van der Waals surface area contributed by atoms with Crippen molar-refractivity contribution in [2.24, 2.45) is 11.7 Å². The Morgan fingerprint density at radius 2 is 2.19 bits per heavy atom. The number of carbonyl (C=O) groups excluding carboxylic acids is 2. The molecule has 3 N–H and O–H groups in total. The topological polar surface area (TPSA) is 98.2 Å². The number of hydrogen-bond acceptors (Lipinski definition) is 4. The number of amides is 2. The first-order chi connectivity index (χ1) is 7.47. The van der Waals surface area contributed by atoms with Crippen LogP contribution in [0.2, 0.25) is 0 Å². The van der Waals surface area contributed by atoms with Crippen LogP contribution >= 0.6 is 0 Å². The van der Waals surface area contributed by atoms with Gasteiger partial charge in [0.05, 0.1) is 5.69 Å². The van der Waals surface area contributed by atoms with Crippen LogP contribution in [0.1, 0.15) is 36.3 Å². The molecule has 0 aliphatic carbocycles. The molecule has 1 aromatic heterocycles. The first-order valence-corrected chi connectivity index (χ1v) is 5.04. The Labute approximate surface area is 93.2 Å². The van der Waals surface area contributed by atoms with Crippen molar-refractivity contribution in [2.75, 3.05) is 5.32 Å². The molecule has 88 valence electrons. The molecule has 16 heavy (non-hydrogen) atoms. The predicted octanol–water partition coefficient (Wildman–Crippen LogP) is 1.07. The van der Waals surface area contributed by atoms with Gasteiger partial charge in [-0.15, -0.1) is 0 Å². The molecule has 1 rings (SSSR count). The zero-order chi connectivity index (χ0) is 12.3. The van der Waals surface area contributed by atoms with Crippen molar-refractivity contribution in [2.45, 2.75) is 27.2 Å². The summed E-state index contributed by atoms with van der Waals surface area (Å²) in [7, 11) is 0. The quantitative estimate of drug-likeness (QED) is 0.800. The fraction of sp³-hybridized carbons (Fsp3) is 0.500. The number of carbonyl (C=O) groups is 2. The minimum atomic E-state index is -0.668. The van der Waals surface area contributed by atoms with Crippen LogP contribution in [0.15, 0.2) is 4.52 Å². The average Bonchev–Trinajstić information content (AvgIpc) is 2.58. The lowest BCUT2D eigenvalue weighted by Crippen LogP contribution is -2.22. The smallest absolute Gasteiger partial charge is 0.256 e. The van der Waals surface area contributed by atoms with Crippen molar-refractivity contribution in [3.8, 4) is 0 Å². The zero-order valence-electron chi connectivity index (χ0n) is 9.53. The molecule has 6 heteroatoms. The molecule has 0 saturated carbocycles. The second-order valence-corrected chi connectivity index (χ2v) is 3.63. The fourth-order valence-electron chi connectivity index (χ4n) is 1.17. The number of aryl methyl sites for hydroxylation is 1. The maximum absolute atomic E-state index is 11.6. The first kappa shape index (κ1) is 12.2. The van der Waals surface area contributed by atoms with Crippen LogP contribution in [-0.4, -0.2) is 17.0 Å². The molecule has 0 fully saturated rings. The minimum Gasteiger partial charge on any atom is -0.365 e. The number of nitrogens with zero attached hydrogens (tertiary/aromatic N) is 1. The molecule has 1 atom stereocenters. The maximum Gasteiger partial charge on any atom is 0.256 e. The van der Waals surface area contributed by atoms with E-state index in [0.29, 0.717) is 12.1 Å². The fourth-order valence-corrected chi connectivity index (χ4v) is 1.17. The highest BCUT2D eigenvalue weighted by atomic mass is 16.5. The maximum atomic E-state index is 11.6. The molecule has 2 amide bonds. The molecular formula is C10H15N3O3. The third-order valence-corrected chi connectivity index (χ3v) is 2.41. The van der Waals surface area contributed by atoms with Gasteiger partial charge in [-0.3, -0.25) is 14.9 Å². The Balaban J connectivity index is 2.90. The summed E-state index contributed by atoms with van der Waals surface area (Å²) in [5.74, 6) is -1.03. The van der Waals surface area contributed by atoms with E-state index in [4.69, 9.17) is 10.3 Å². The van der Waals surface area contributed by atoms with Crippen molar-refractivity contribution in [1.82, 2.24) is 5.16 Å². The number of nitrogens with two attached hydrogens (primary N) is 1. The molecular weight excluding hydrogens is 210 g/mol. The molecule has 0 aliphatic rings. The molecule has 1 unspecified atom stereocenters. The van der Waals surface area contributed by atoms with Crippen LogP contribution in [0.3, 0.4) is 0 Å². The van der Waals surface area contributed by atoms with Crippen LogP contribution in [0.25, 0.3) is 0 Å². The Bertz CT molecular complexity index is 411. The monoisotopic (exact) mass is 225 g/mol. The van der Waals surface area contributed by atoms with E-state index in [2.05, 4.69) is 10.5 Å². The predicted molar refractivity (Wildman–Crippen MR) is 57.8 cm³/mol. The van der Waals surface area contributed by atoms with Gasteiger partial charge in [-0.2, -0.15) is 0 Å². The van der Waals surface area contributed by atoms with Crippen molar-refractivity contribution >= 4 is 17.7 Å². The first-order valence-electron chi connectivity index (χ1n) is 5.04. The molecule has 0 bridgehead atoms. The number of primary amides is 1. The second kappa shape index (κ2) is 4.78. The summed E-state index contributed by atoms with van der Waals surface area (Å²) in [6.45, 7) is 5.26. The van der Waals surface area contributed by atoms with Gasteiger partial charge in [-0.25, -0.2) is 0 Å². The molecule has 0 radical (unpaired) electrons. The van der Waals surface area contributed by atoms with E-state index in [1.165, 1.54) is 0 Å². The lowest BCUT2D eigenvalue weighted by molar-refractivity contribution is -0.119. The third kappa shape index (κ3) is 2.39. The number of anilines is 1. The summed E-state index contributed by atoms with van der Waals surface area (Å²) in [5, 5.41) is 6.08. The highest BCUT2D eigenvalue weighted by Crippen LogP contribution is 2.19. The number of rotatable bonds is 4. The lowest BCUT2D eigenvalue weighted by Gasteiger charge is -2.07. The summed E-state index contributed by atoms with van der Waals surface area (Å²) in [6.07, 6.45) is 0.699. The van der Waals surface area contributed by atoms with Crippen LogP contribution < -0.4 is 11.1 Å². The largest absolute Gasteiger partial charge is 0.365 e. The van der Waals surface area contributed by atoms with Gasteiger partial charge in [-0.05, 0) is 13.3 Å². The summed E-state index contributed by atoms with van der Waals surface area (Å²) in [4.78, 5) is 22.7. The van der Waals surface area contributed by atoms with Gasteiger partial charge in [0, 0.05) is 5.92 Å². The Kier molecular flexibility index (Phi) is 3.65. The lowest BCUT2D eigenvalue weighted by atomic mass is 10.1. The summed E-state index contributed by atoms with van der Waals surface area (Å²) >= 11 is 0. The van der Waals surface area contributed by atoms with Gasteiger partial charge in [0.2, 0.25) is 11.8 Å². The number of hydrogen-bond donors (Lipinski definition) is 2. The van der Waals surface area contributed by atoms with E-state index >= 15 is 0 Å². The van der Waals surface area contributed by atoms with E-state index in [1.54, 1.807) is 13.8 Å². The second-order valence-electron chi connectivity index (χ2n) is 3.63. The van der Waals surface area contributed by atoms with Gasteiger partial charge in [0.1, 0.15) is 5.56 Å². The molecule has 0 aromatic carbocycles. The van der Waals surface area contributed by atoms with Crippen LogP contribution in [-0.2, 0) is 4.79 Å². The summed E-state index contributed by atoms with van der Waals surface area (Å²) in [6, 6.07) is 0. The van der Waals surface area contributed by atoms with Crippen molar-refractivity contribution < 1.29 is 14.1 Å². The molecule has 1 aromatic rings. The normalized spacial score (nSPS) is 12.2. The van der Waals surface area contributed by atoms with Crippen LogP contribution in [0, 0.1) is 12.8 Å². The Hall–Kier alpha value is -1.85. The minimum absolute atomic E-state index is 0.0234. The van der Waals surface area contributed by atoms with E-state index < -0.39 is 5.91 Å². The number of nitrogens with one attached hydrogen (secondary N) is 1. The molecule has 1 heterocycles. The van der Waals surface area contributed by atoms with Gasteiger partial charge < -0.3 is 10.3 Å². The third-order valence-electron chi connectivity index (χ3n) is 2.41. The van der Waals surface area contributed by atoms with Crippen molar-refractivity contribution in [3.63, 3.8) is 0 Å². The highest BCUT2D eigenvalue weighted by molar-refractivity contribution is 6.02. The SMILES string of the molecule is CCC(C)C(=O)Nc1onc(C)c1C(N)=O. The average molecular weight is 225 g/mol. The van der Waals surface area contributed by atoms with Crippen molar-refractivity contribution in [1.29, 1.82) is 0 Å². The van der Waals surface area contributed by atoms with E-state index in [0.717, 1.165) is 0 Å². The Morgan fingerprint density at radius 1 is 1.56 bits per heavy atom. The van der Waals surface area contributed by atoms with Crippen LogP contribution in [0.4, 0.5) is 5.88 Å². The van der Waals surface area contributed by atoms with Gasteiger partial charge >= 0.3 is 0 Å². The number of aromatic nitrogens is 1. The summed E-state index contributed by atoms with van der Waals surface area (Å²) in [5.41, 5.74) is 5.64. The molecule has 0 saturated heterocycles. The van der Waals surface area contributed by atoms with E-state index in [-0.39, 0.29) is 23.3 Å². The van der Waals surface area contributed by atoms with Gasteiger partial charge in [-0.1, -0.05) is 19.0 Å². The van der Waals surface area contributed by atoms with E-state index in [9.17, 15) is 9.59 Å². The molecule has 0 spiro atoms. The van der Waals surface area contributed by atoms with E-state index in [1.807, 2.05) is 6.92 Å². The highest BCUT2D eigenvalue weighted by Gasteiger charge is 2.21. The van der Waals surface area contributed by atoms with Crippen molar-refractivity contribution in [3.05, 3.63) is 11.3 Å². The summed E-state index contributed by atoms with van der Waals surface area (Å²) < 4.78 is 4.84. The molecule has 0 aliphatic heterocycles. The molecule has 6 nitrogen and oxygen atoms in total. The van der Waals surface area contributed by atoms with Crippen LogP contribution in [0.5, 0.6) is 0 Å². The van der Waals surface area contributed by atoms with Gasteiger partial charge in [0.15, 0.2) is 0 Å². The van der Waals surface area contributed by atoms with Gasteiger partial charge in [0.25, 0.3) is 5.91 Å². The Morgan fingerprint density at radius 3 is 2.69 bits per heavy atom. The zero-order valence-corrected chi connectivity index (χ0v) is 9.53.